The Bertz CT molecular complexity index is 714. The highest BCUT2D eigenvalue weighted by Crippen LogP contribution is 2.25. The Hall–Kier alpha value is -2.76. The number of benzene rings is 2. The van der Waals surface area contributed by atoms with E-state index >= 15 is 0 Å². The van der Waals surface area contributed by atoms with E-state index in [9.17, 15) is 18.4 Å². The van der Waals surface area contributed by atoms with Gasteiger partial charge >= 0.3 is 0 Å². The van der Waals surface area contributed by atoms with Gasteiger partial charge in [0, 0.05) is 5.69 Å². The summed E-state index contributed by atoms with van der Waals surface area (Å²) < 4.78 is 25.8. The first-order valence-corrected chi connectivity index (χ1v) is 6.69. The quantitative estimate of drug-likeness (QED) is 0.887. The molecule has 6 heteroatoms. The van der Waals surface area contributed by atoms with E-state index in [4.69, 9.17) is 0 Å². The fraction of sp³-hybridized carbons (Fsp3) is 0.125. The van der Waals surface area contributed by atoms with Gasteiger partial charge in [-0.2, -0.15) is 0 Å². The first-order chi connectivity index (χ1) is 10.5. The van der Waals surface area contributed by atoms with Crippen molar-refractivity contribution in [3.05, 3.63) is 60.2 Å². The lowest BCUT2D eigenvalue weighted by Crippen LogP contribution is -2.34. The predicted molar refractivity (Wildman–Crippen MR) is 77.3 cm³/mol. The van der Waals surface area contributed by atoms with Crippen molar-refractivity contribution in [2.24, 2.45) is 0 Å². The predicted octanol–water partition coefficient (Wildman–Crippen LogP) is 2.71. The Kier molecular flexibility index (Phi) is 3.58. The second-order valence-electron chi connectivity index (χ2n) is 4.95. The highest BCUT2D eigenvalue weighted by Gasteiger charge is 2.39. The second kappa shape index (κ2) is 5.55. The van der Waals surface area contributed by atoms with E-state index in [0.29, 0.717) is 11.4 Å². The Balaban J connectivity index is 1.79. The zero-order chi connectivity index (χ0) is 15.7. The zero-order valence-corrected chi connectivity index (χ0v) is 11.4. The number of anilines is 2. The molecule has 0 unspecified atom stereocenters. The van der Waals surface area contributed by atoms with Crippen molar-refractivity contribution >= 4 is 23.2 Å². The summed E-state index contributed by atoms with van der Waals surface area (Å²) in [4.78, 5) is 25.4. The monoisotopic (exact) mass is 302 g/mol. The Morgan fingerprint density at radius 2 is 1.45 bits per heavy atom. The number of amides is 2. The lowest BCUT2D eigenvalue weighted by atomic mass is 10.2. The number of hydrogen-bond donors (Lipinski definition) is 1. The van der Waals surface area contributed by atoms with Crippen LogP contribution in [0.2, 0.25) is 0 Å². The van der Waals surface area contributed by atoms with Crippen LogP contribution in [0, 0.1) is 11.6 Å². The lowest BCUT2D eigenvalue weighted by Gasteiger charge is -2.16. The smallest absolute Gasteiger partial charge is 0.256 e. The van der Waals surface area contributed by atoms with E-state index in [-0.39, 0.29) is 18.1 Å². The molecule has 0 bridgehead atoms. The van der Waals surface area contributed by atoms with Gasteiger partial charge < -0.3 is 5.32 Å². The molecule has 0 radical (unpaired) electrons. The topological polar surface area (TPSA) is 49.4 Å². The molecule has 0 aromatic heterocycles. The molecule has 2 aromatic carbocycles. The van der Waals surface area contributed by atoms with Gasteiger partial charge in [-0.25, -0.2) is 13.7 Å². The summed E-state index contributed by atoms with van der Waals surface area (Å²) in [6.45, 7) is 0. The van der Waals surface area contributed by atoms with Gasteiger partial charge in [0.1, 0.15) is 17.7 Å². The first-order valence-electron chi connectivity index (χ1n) is 6.69. The molecule has 1 fully saturated rings. The second-order valence-corrected chi connectivity index (χ2v) is 4.95. The van der Waals surface area contributed by atoms with E-state index in [2.05, 4.69) is 5.32 Å². The van der Waals surface area contributed by atoms with Crippen LogP contribution in [-0.2, 0) is 9.59 Å². The highest BCUT2D eigenvalue weighted by atomic mass is 19.1. The summed E-state index contributed by atoms with van der Waals surface area (Å²) in [5.74, 6) is -1.60. The number of halogens is 2. The summed E-state index contributed by atoms with van der Waals surface area (Å²) in [5.41, 5.74) is 0.883. The van der Waals surface area contributed by atoms with Crippen molar-refractivity contribution in [2.45, 2.75) is 12.5 Å². The van der Waals surface area contributed by atoms with Crippen LogP contribution in [0.15, 0.2) is 48.5 Å². The molecular weight excluding hydrogens is 290 g/mol. The minimum absolute atomic E-state index is 0.00636. The lowest BCUT2D eigenvalue weighted by molar-refractivity contribution is -0.121. The van der Waals surface area contributed by atoms with Gasteiger partial charge in [0.2, 0.25) is 5.91 Å². The minimum Gasteiger partial charge on any atom is -0.373 e. The third-order valence-corrected chi connectivity index (χ3v) is 3.42. The fourth-order valence-electron chi connectivity index (χ4n) is 2.35. The number of rotatable bonds is 3. The van der Waals surface area contributed by atoms with Crippen LogP contribution in [-0.4, -0.2) is 17.9 Å². The number of carbonyl (C=O) groups excluding carboxylic acids is 2. The molecule has 1 saturated heterocycles. The van der Waals surface area contributed by atoms with E-state index in [1.807, 2.05) is 0 Å². The summed E-state index contributed by atoms with van der Waals surface area (Å²) in [6, 6.07) is 9.94. The van der Waals surface area contributed by atoms with Crippen molar-refractivity contribution in [3.8, 4) is 0 Å². The van der Waals surface area contributed by atoms with E-state index in [1.165, 1.54) is 48.5 Å². The van der Waals surface area contributed by atoms with E-state index in [1.54, 1.807) is 0 Å². The maximum absolute atomic E-state index is 12.9. The third-order valence-electron chi connectivity index (χ3n) is 3.42. The number of carbonyl (C=O) groups is 2. The summed E-state index contributed by atoms with van der Waals surface area (Å²) >= 11 is 0. The van der Waals surface area contributed by atoms with Gasteiger partial charge in [0.05, 0.1) is 12.1 Å². The van der Waals surface area contributed by atoms with E-state index < -0.39 is 17.8 Å². The fourth-order valence-corrected chi connectivity index (χ4v) is 2.35. The van der Waals surface area contributed by atoms with Gasteiger partial charge in [-0.05, 0) is 48.5 Å². The third kappa shape index (κ3) is 2.67. The molecule has 1 heterocycles. The van der Waals surface area contributed by atoms with Crippen molar-refractivity contribution in [3.63, 3.8) is 0 Å². The first kappa shape index (κ1) is 14.2. The molecule has 1 aliphatic rings. The van der Waals surface area contributed by atoms with Crippen LogP contribution < -0.4 is 10.2 Å². The van der Waals surface area contributed by atoms with Crippen molar-refractivity contribution < 1.29 is 18.4 Å². The molecular formula is C16H12F2N2O2. The molecule has 1 N–H and O–H groups in total. The Morgan fingerprint density at radius 3 is 2.05 bits per heavy atom. The molecule has 0 spiro atoms. The molecule has 22 heavy (non-hydrogen) atoms. The van der Waals surface area contributed by atoms with Crippen molar-refractivity contribution in [1.29, 1.82) is 0 Å². The van der Waals surface area contributed by atoms with Gasteiger partial charge in [-0.3, -0.25) is 9.59 Å². The zero-order valence-electron chi connectivity index (χ0n) is 11.4. The molecule has 2 aromatic rings. The average Bonchev–Trinajstić information content (AvgIpc) is 2.77. The van der Waals surface area contributed by atoms with Crippen LogP contribution in [0.1, 0.15) is 6.42 Å². The standard InChI is InChI=1S/C16H12F2N2O2/c17-10-1-5-12(6-2-10)19-14-9-15(21)20(16(14)22)13-7-3-11(18)4-8-13/h1-8,14,19H,9H2/t14-/m1/s1. The van der Waals surface area contributed by atoms with Crippen LogP contribution >= 0.6 is 0 Å². The molecule has 4 nitrogen and oxygen atoms in total. The maximum Gasteiger partial charge on any atom is 0.256 e. The van der Waals surface area contributed by atoms with Crippen molar-refractivity contribution in [2.75, 3.05) is 10.2 Å². The average molecular weight is 302 g/mol. The Morgan fingerprint density at radius 1 is 0.909 bits per heavy atom. The molecule has 2 amide bonds. The van der Waals surface area contributed by atoms with Gasteiger partial charge in [-0.15, -0.1) is 0 Å². The highest BCUT2D eigenvalue weighted by molar-refractivity contribution is 6.23. The van der Waals surface area contributed by atoms with Gasteiger partial charge in [0.15, 0.2) is 0 Å². The molecule has 1 aliphatic heterocycles. The minimum atomic E-state index is -0.719. The summed E-state index contributed by atoms with van der Waals surface area (Å²) in [5, 5.41) is 2.91. The summed E-state index contributed by atoms with van der Waals surface area (Å²) in [7, 11) is 0. The number of hydrogen-bond acceptors (Lipinski definition) is 3. The Labute approximate surface area is 125 Å². The van der Waals surface area contributed by atoms with Crippen LogP contribution in [0.5, 0.6) is 0 Å². The molecule has 0 saturated carbocycles. The molecule has 112 valence electrons. The summed E-state index contributed by atoms with van der Waals surface area (Å²) in [6.07, 6.45) is -0.00636. The van der Waals surface area contributed by atoms with Crippen LogP contribution in [0.3, 0.4) is 0 Å². The molecule has 3 rings (SSSR count). The van der Waals surface area contributed by atoms with Crippen molar-refractivity contribution in [1.82, 2.24) is 0 Å². The maximum atomic E-state index is 12.9. The molecule has 0 aliphatic carbocycles. The largest absolute Gasteiger partial charge is 0.373 e. The van der Waals surface area contributed by atoms with E-state index in [0.717, 1.165) is 4.90 Å². The molecule has 1 atom stereocenters. The number of nitrogens with zero attached hydrogens (tertiary/aromatic N) is 1. The normalized spacial score (nSPS) is 17.9. The van der Waals surface area contributed by atoms with Crippen LogP contribution in [0.25, 0.3) is 0 Å². The number of nitrogens with one attached hydrogen (secondary N) is 1. The van der Waals surface area contributed by atoms with Crippen LogP contribution in [0.4, 0.5) is 20.2 Å². The SMILES string of the molecule is O=C1C[C@@H](Nc2ccc(F)cc2)C(=O)N1c1ccc(F)cc1. The van der Waals surface area contributed by atoms with Gasteiger partial charge in [0.25, 0.3) is 5.91 Å². The van der Waals surface area contributed by atoms with Gasteiger partial charge in [-0.1, -0.05) is 0 Å². The number of imide groups is 1.